The van der Waals surface area contributed by atoms with Crippen LogP contribution in [0, 0.1) is 0 Å². The topological polar surface area (TPSA) is 43.4 Å². The lowest BCUT2D eigenvalue weighted by Gasteiger charge is -1.97. The van der Waals surface area contributed by atoms with Crippen molar-refractivity contribution in [1.82, 2.24) is 0 Å². The molecule has 0 aliphatic rings. The zero-order chi connectivity index (χ0) is 9.40. The second kappa shape index (κ2) is 6.58. The molecule has 3 nitrogen and oxygen atoms in total. The second-order valence-corrected chi connectivity index (χ2v) is 2.40. The van der Waals surface area contributed by atoms with Crippen LogP contribution < -0.4 is 0 Å². The van der Waals surface area contributed by atoms with E-state index in [9.17, 15) is 9.59 Å². The van der Waals surface area contributed by atoms with Crippen molar-refractivity contribution in [3.8, 4) is 0 Å². The molecule has 0 radical (unpaired) electrons. The number of esters is 2. The Morgan fingerprint density at radius 1 is 1.42 bits per heavy atom. The molecule has 12 heavy (non-hydrogen) atoms. The van der Waals surface area contributed by atoms with Crippen LogP contribution in [0.2, 0.25) is 0 Å². The van der Waals surface area contributed by atoms with E-state index < -0.39 is 11.9 Å². The third kappa shape index (κ3) is 5.65. The van der Waals surface area contributed by atoms with Crippen LogP contribution in [0.25, 0.3) is 0 Å². The maximum atomic E-state index is 10.8. The average Bonchev–Trinajstić information content (AvgIpc) is 2.01. The number of carbonyl (C=O) groups is 2. The molecule has 0 aromatic heterocycles. The van der Waals surface area contributed by atoms with E-state index in [1.807, 2.05) is 6.92 Å². The zero-order valence-electron chi connectivity index (χ0n) is 7.50. The molecule has 0 unspecified atom stereocenters. The molecule has 0 fully saturated rings. The molecular weight excluding hydrogens is 156 g/mol. The van der Waals surface area contributed by atoms with Gasteiger partial charge in [-0.1, -0.05) is 19.4 Å². The molecule has 0 spiro atoms. The molecule has 0 aliphatic heterocycles. The number of carbonyl (C=O) groups excluding carboxylic acids is 2. The van der Waals surface area contributed by atoms with Crippen LogP contribution in [0.15, 0.2) is 12.2 Å². The summed E-state index contributed by atoms with van der Waals surface area (Å²) >= 11 is 0. The Morgan fingerprint density at radius 2 is 2.08 bits per heavy atom. The van der Waals surface area contributed by atoms with Crippen molar-refractivity contribution < 1.29 is 14.3 Å². The smallest absolute Gasteiger partial charge is 0.338 e. The molecule has 0 N–H and O–H groups in total. The first-order valence-electron chi connectivity index (χ1n) is 4.08. The number of allylic oxidation sites excluding steroid dienone is 1. The number of ether oxygens (including phenoxy) is 1. The summed E-state index contributed by atoms with van der Waals surface area (Å²) in [6, 6.07) is 0. The first-order chi connectivity index (χ1) is 5.70. The van der Waals surface area contributed by atoms with Gasteiger partial charge in [-0.05, 0) is 13.3 Å². The maximum Gasteiger partial charge on any atom is 0.338 e. The number of hydrogen-bond donors (Lipinski definition) is 0. The normalized spacial score (nSPS) is 10.2. The molecule has 0 bridgehead atoms. The Hall–Kier alpha value is -1.12. The number of unbranched alkanes of at least 4 members (excludes halogenated alkanes) is 1. The zero-order valence-corrected chi connectivity index (χ0v) is 7.50. The first-order valence-corrected chi connectivity index (χ1v) is 4.08. The van der Waals surface area contributed by atoms with Crippen molar-refractivity contribution in [2.75, 3.05) is 0 Å². The summed E-state index contributed by atoms with van der Waals surface area (Å²) < 4.78 is 4.43. The van der Waals surface area contributed by atoms with Crippen LogP contribution in [-0.4, -0.2) is 11.9 Å². The van der Waals surface area contributed by atoms with Crippen LogP contribution in [0.3, 0.4) is 0 Å². The van der Waals surface area contributed by atoms with Gasteiger partial charge in [0.2, 0.25) is 0 Å². The molecule has 68 valence electrons. The van der Waals surface area contributed by atoms with Crippen molar-refractivity contribution in [2.24, 2.45) is 0 Å². The Morgan fingerprint density at radius 3 is 2.58 bits per heavy atom. The standard InChI is InChI=1S/C9H14O3/c1-3-5-7-9(11)12-8(10)6-4-2/h4,6H,3,5,7H2,1-2H3. The maximum absolute atomic E-state index is 10.8. The molecule has 0 amide bonds. The van der Waals surface area contributed by atoms with E-state index in [0.29, 0.717) is 6.42 Å². The van der Waals surface area contributed by atoms with Gasteiger partial charge in [0.15, 0.2) is 0 Å². The molecular formula is C9H14O3. The molecule has 0 atom stereocenters. The van der Waals surface area contributed by atoms with Gasteiger partial charge in [0.25, 0.3) is 0 Å². The van der Waals surface area contributed by atoms with Crippen LogP contribution in [0.5, 0.6) is 0 Å². The molecule has 0 saturated carbocycles. The van der Waals surface area contributed by atoms with Crippen molar-refractivity contribution in [2.45, 2.75) is 33.1 Å². The van der Waals surface area contributed by atoms with Crippen LogP contribution >= 0.6 is 0 Å². The van der Waals surface area contributed by atoms with Gasteiger partial charge in [-0.3, -0.25) is 4.79 Å². The molecule has 3 heteroatoms. The van der Waals surface area contributed by atoms with Crippen molar-refractivity contribution >= 4 is 11.9 Å². The van der Waals surface area contributed by atoms with E-state index in [4.69, 9.17) is 0 Å². The highest BCUT2D eigenvalue weighted by atomic mass is 16.6. The summed E-state index contributed by atoms with van der Waals surface area (Å²) in [6.07, 6.45) is 4.77. The van der Waals surface area contributed by atoms with Crippen molar-refractivity contribution in [3.05, 3.63) is 12.2 Å². The second-order valence-electron chi connectivity index (χ2n) is 2.40. The lowest BCUT2D eigenvalue weighted by molar-refractivity contribution is -0.156. The SMILES string of the molecule is CC=CC(=O)OC(=O)CCCC. The van der Waals surface area contributed by atoms with Gasteiger partial charge in [-0.25, -0.2) is 4.79 Å². The highest BCUT2D eigenvalue weighted by Gasteiger charge is 2.05. The van der Waals surface area contributed by atoms with Gasteiger partial charge in [0, 0.05) is 12.5 Å². The summed E-state index contributed by atoms with van der Waals surface area (Å²) in [5.74, 6) is -1.03. The average molecular weight is 170 g/mol. The highest BCUT2D eigenvalue weighted by Crippen LogP contribution is 1.96. The van der Waals surface area contributed by atoms with Crippen LogP contribution in [0.4, 0.5) is 0 Å². The van der Waals surface area contributed by atoms with Crippen molar-refractivity contribution in [3.63, 3.8) is 0 Å². The lowest BCUT2D eigenvalue weighted by atomic mass is 10.2. The number of rotatable bonds is 4. The van der Waals surface area contributed by atoms with Gasteiger partial charge in [-0.2, -0.15) is 0 Å². The Bertz CT molecular complexity index is 182. The summed E-state index contributed by atoms with van der Waals surface area (Å²) in [4.78, 5) is 21.5. The lowest BCUT2D eigenvalue weighted by Crippen LogP contribution is -2.09. The Kier molecular flexibility index (Phi) is 5.97. The van der Waals surface area contributed by atoms with E-state index >= 15 is 0 Å². The van der Waals surface area contributed by atoms with Crippen LogP contribution in [-0.2, 0) is 14.3 Å². The fraction of sp³-hybridized carbons (Fsp3) is 0.556. The molecule has 0 heterocycles. The largest absolute Gasteiger partial charge is 0.390 e. The predicted molar refractivity (Wildman–Crippen MR) is 45.4 cm³/mol. The summed E-state index contributed by atoms with van der Waals surface area (Å²) in [5.41, 5.74) is 0. The first kappa shape index (κ1) is 10.9. The third-order valence-electron chi connectivity index (χ3n) is 1.25. The molecule has 0 aromatic carbocycles. The van der Waals surface area contributed by atoms with E-state index in [1.54, 1.807) is 6.92 Å². The highest BCUT2D eigenvalue weighted by molar-refractivity contribution is 5.91. The Labute approximate surface area is 72.4 Å². The minimum absolute atomic E-state index is 0.319. The van der Waals surface area contributed by atoms with E-state index in [0.717, 1.165) is 12.8 Å². The summed E-state index contributed by atoms with van der Waals surface area (Å²) in [5, 5.41) is 0. The monoisotopic (exact) mass is 170 g/mol. The summed E-state index contributed by atoms with van der Waals surface area (Å²) in [7, 11) is 0. The van der Waals surface area contributed by atoms with Gasteiger partial charge in [0.1, 0.15) is 0 Å². The molecule has 0 rings (SSSR count). The third-order valence-corrected chi connectivity index (χ3v) is 1.25. The predicted octanol–water partition coefficient (Wildman–Crippen LogP) is 1.82. The fourth-order valence-corrected chi connectivity index (χ4v) is 0.654. The van der Waals surface area contributed by atoms with E-state index in [2.05, 4.69) is 4.74 Å². The van der Waals surface area contributed by atoms with E-state index in [1.165, 1.54) is 12.2 Å². The molecule has 0 aromatic rings. The Balaban J connectivity index is 3.62. The minimum Gasteiger partial charge on any atom is -0.390 e. The fourth-order valence-electron chi connectivity index (χ4n) is 0.654. The van der Waals surface area contributed by atoms with Gasteiger partial charge < -0.3 is 4.74 Å². The van der Waals surface area contributed by atoms with Gasteiger partial charge in [0.05, 0.1) is 0 Å². The molecule has 0 aliphatic carbocycles. The van der Waals surface area contributed by atoms with Crippen molar-refractivity contribution in [1.29, 1.82) is 0 Å². The quantitative estimate of drug-likeness (QED) is 0.367. The minimum atomic E-state index is -0.585. The van der Waals surface area contributed by atoms with E-state index in [-0.39, 0.29) is 0 Å². The van der Waals surface area contributed by atoms with Gasteiger partial charge in [-0.15, -0.1) is 0 Å². The van der Waals surface area contributed by atoms with Crippen LogP contribution in [0.1, 0.15) is 33.1 Å². The summed E-state index contributed by atoms with van der Waals surface area (Å²) in [6.45, 7) is 3.67. The molecule has 0 saturated heterocycles. The van der Waals surface area contributed by atoms with Gasteiger partial charge >= 0.3 is 11.9 Å². The number of hydrogen-bond acceptors (Lipinski definition) is 3.